The van der Waals surface area contributed by atoms with Gasteiger partial charge in [0.15, 0.2) is 0 Å². The van der Waals surface area contributed by atoms with Gasteiger partial charge in [0, 0.05) is 12.6 Å². The molecule has 1 unspecified atom stereocenters. The standard InChI is InChI=1S/C13H17FIN3/c1-7(2)8(3)6-18-12-4-9(14)10(15)5-11(12)17-13(18)16/h4-5,7-8H,6H2,1-3H3,(H2,16,17). The number of benzene rings is 1. The molecule has 0 aliphatic rings. The van der Waals surface area contributed by atoms with Crippen LogP contribution in [-0.2, 0) is 6.54 Å². The molecule has 1 heterocycles. The summed E-state index contributed by atoms with van der Waals surface area (Å²) in [5, 5.41) is 0. The number of rotatable bonds is 3. The van der Waals surface area contributed by atoms with Crippen molar-refractivity contribution in [3.8, 4) is 0 Å². The topological polar surface area (TPSA) is 43.8 Å². The van der Waals surface area contributed by atoms with E-state index in [1.807, 2.05) is 27.2 Å². The van der Waals surface area contributed by atoms with Gasteiger partial charge in [0.25, 0.3) is 0 Å². The smallest absolute Gasteiger partial charge is 0.201 e. The Balaban J connectivity index is 2.50. The van der Waals surface area contributed by atoms with Gasteiger partial charge in [-0.2, -0.15) is 0 Å². The highest BCUT2D eigenvalue weighted by Gasteiger charge is 2.15. The third-order valence-corrected chi connectivity index (χ3v) is 4.26. The molecule has 0 bridgehead atoms. The van der Waals surface area contributed by atoms with Crippen molar-refractivity contribution in [2.45, 2.75) is 27.3 Å². The maximum absolute atomic E-state index is 13.6. The maximum Gasteiger partial charge on any atom is 0.201 e. The van der Waals surface area contributed by atoms with Gasteiger partial charge in [-0.05, 0) is 40.5 Å². The van der Waals surface area contributed by atoms with Crippen molar-refractivity contribution in [1.29, 1.82) is 0 Å². The lowest BCUT2D eigenvalue weighted by Crippen LogP contribution is -2.14. The molecule has 0 aliphatic carbocycles. The second-order valence-electron chi connectivity index (χ2n) is 5.06. The van der Waals surface area contributed by atoms with Gasteiger partial charge in [0.2, 0.25) is 5.95 Å². The van der Waals surface area contributed by atoms with Gasteiger partial charge in [-0.3, -0.25) is 0 Å². The number of imidazole rings is 1. The molecule has 1 aromatic heterocycles. The highest BCUT2D eigenvalue weighted by molar-refractivity contribution is 14.1. The van der Waals surface area contributed by atoms with E-state index in [-0.39, 0.29) is 5.82 Å². The molecule has 2 aromatic rings. The third kappa shape index (κ3) is 2.46. The van der Waals surface area contributed by atoms with Crippen molar-refractivity contribution < 1.29 is 4.39 Å². The molecule has 0 aliphatic heterocycles. The van der Waals surface area contributed by atoms with Crippen molar-refractivity contribution in [2.75, 3.05) is 5.73 Å². The van der Waals surface area contributed by atoms with Crippen LogP contribution in [0.2, 0.25) is 0 Å². The molecule has 2 rings (SSSR count). The lowest BCUT2D eigenvalue weighted by molar-refractivity contribution is 0.371. The van der Waals surface area contributed by atoms with Crippen molar-refractivity contribution in [3.63, 3.8) is 0 Å². The summed E-state index contributed by atoms with van der Waals surface area (Å²) < 4.78 is 16.1. The van der Waals surface area contributed by atoms with Gasteiger partial charge in [-0.15, -0.1) is 0 Å². The highest BCUT2D eigenvalue weighted by Crippen LogP contribution is 2.25. The average molecular weight is 361 g/mol. The molecule has 18 heavy (non-hydrogen) atoms. The number of hydrogen-bond donors (Lipinski definition) is 1. The first-order valence-electron chi connectivity index (χ1n) is 6.01. The van der Waals surface area contributed by atoms with Crippen LogP contribution in [0.3, 0.4) is 0 Å². The monoisotopic (exact) mass is 361 g/mol. The molecule has 5 heteroatoms. The first kappa shape index (κ1) is 13.6. The summed E-state index contributed by atoms with van der Waals surface area (Å²) in [5.41, 5.74) is 7.46. The van der Waals surface area contributed by atoms with Gasteiger partial charge in [-0.25, -0.2) is 9.37 Å². The van der Waals surface area contributed by atoms with Crippen molar-refractivity contribution in [3.05, 3.63) is 21.5 Å². The van der Waals surface area contributed by atoms with Crippen LogP contribution in [0, 0.1) is 21.2 Å². The Kier molecular flexibility index (Phi) is 3.79. The van der Waals surface area contributed by atoms with Crippen LogP contribution in [0.1, 0.15) is 20.8 Å². The van der Waals surface area contributed by atoms with E-state index >= 15 is 0 Å². The Hall–Kier alpha value is -0.850. The number of nitrogens with zero attached hydrogens (tertiary/aromatic N) is 2. The van der Waals surface area contributed by atoms with Crippen molar-refractivity contribution in [1.82, 2.24) is 9.55 Å². The summed E-state index contributed by atoms with van der Waals surface area (Å²) in [5.74, 6) is 1.25. The fourth-order valence-corrected chi connectivity index (χ4v) is 2.28. The summed E-state index contributed by atoms with van der Waals surface area (Å²) >= 11 is 1.96. The quantitative estimate of drug-likeness (QED) is 0.849. The van der Waals surface area contributed by atoms with Crippen LogP contribution in [0.4, 0.5) is 10.3 Å². The zero-order chi connectivity index (χ0) is 13.4. The minimum Gasteiger partial charge on any atom is -0.369 e. The Morgan fingerprint density at radius 3 is 2.67 bits per heavy atom. The van der Waals surface area contributed by atoms with Crippen LogP contribution >= 0.6 is 22.6 Å². The van der Waals surface area contributed by atoms with Crippen LogP contribution in [0.25, 0.3) is 11.0 Å². The van der Waals surface area contributed by atoms with Gasteiger partial charge in [0.1, 0.15) is 5.82 Å². The van der Waals surface area contributed by atoms with Gasteiger partial charge >= 0.3 is 0 Å². The summed E-state index contributed by atoms with van der Waals surface area (Å²) in [6.07, 6.45) is 0. The van der Waals surface area contributed by atoms with E-state index in [0.29, 0.717) is 21.4 Å². The molecule has 2 N–H and O–H groups in total. The number of nitrogen functional groups attached to an aromatic ring is 1. The molecule has 1 atom stereocenters. The Morgan fingerprint density at radius 2 is 2.06 bits per heavy atom. The van der Waals surface area contributed by atoms with E-state index in [2.05, 4.69) is 25.8 Å². The number of halogens is 2. The predicted molar refractivity (Wildman–Crippen MR) is 80.8 cm³/mol. The number of aromatic nitrogens is 2. The second kappa shape index (κ2) is 5.03. The number of anilines is 1. The molecule has 98 valence electrons. The Labute approximate surface area is 120 Å². The first-order valence-corrected chi connectivity index (χ1v) is 7.08. The molecule has 0 fully saturated rings. The average Bonchev–Trinajstić information content (AvgIpc) is 2.56. The largest absolute Gasteiger partial charge is 0.369 e. The zero-order valence-corrected chi connectivity index (χ0v) is 12.9. The minimum atomic E-state index is -0.221. The number of fused-ring (bicyclic) bond motifs is 1. The van der Waals surface area contributed by atoms with Crippen LogP contribution in [0.15, 0.2) is 12.1 Å². The van der Waals surface area contributed by atoms with Crippen LogP contribution < -0.4 is 5.73 Å². The first-order chi connectivity index (χ1) is 8.40. The fourth-order valence-electron chi connectivity index (χ4n) is 1.83. The normalized spacial score (nSPS) is 13.4. The molecule has 3 nitrogen and oxygen atoms in total. The van der Waals surface area contributed by atoms with Crippen LogP contribution in [-0.4, -0.2) is 9.55 Å². The van der Waals surface area contributed by atoms with E-state index in [0.717, 1.165) is 17.6 Å². The lowest BCUT2D eigenvalue weighted by atomic mass is 9.98. The number of hydrogen-bond acceptors (Lipinski definition) is 2. The molecule has 0 saturated heterocycles. The van der Waals surface area contributed by atoms with E-state index < -0.39 is 0 Å². The predicted octanol–water partition coefficient (Wildman–Crippen LogP) is 3.65. The van der Waals surface area contributed by atoms with Crippen molar-refractivity contribution >= 4 is 39.6 Å². The lowest BCUT2D eigenvalue weighted by Gasteiger charge is -2.17. The molecule has 0 radical (unpaired) electrons. The molecule has 1 aromatic carbocycles. The third-order valence-electron chi connectivity index (χ3n) is 3.43. The molecule has 0 spiro atoms. The van der Waals surface area contributed by atoms with Gasteiger partial charge in [0.05, 0.1) is 14.6 Å². The van der Waals surface area contributed by atoms with E-state index in [9.17, 15) is 4.39 Å². The molecule has 0 amide bonds. The molecular weight excluding hydrogens is 344 g/mol. The maximum atomic E-state index is 13.6. The Morgan fingerprint density at radius 1 is 1.39 bits per heavy atom. The number of nitrogens with two attached hydrogens (primary N) is 1. The fraction of sp³-hybridized carbons (Fsp3) is 0.462. The van der Waals surface area contributed by atoms with E-state index in [1.54, 1.807) is 6.07 Å². The Bertz CT molecular complexity index is 577. The molecular formula is C13H17FIN3. The molecule has 0 saturated carbocycles. The summed E-state index contributed by atoms with van der Waals surface area (Å²) in [6, 6.07) is 3.26. The SMILES string of the molecule is CC(C)C(C)Cn1c(N)nc2cc(I)c(F)cc21. The summed E-state index contributed by atoms with van der Waals surface area (Å²) in [7, 11) is 0. The summed E-state index contributed by atoms with van der Waals surface area (Å²) in [4.78, 5) is 4.30. The highest BCUT2D eigenvalue weighted by atomic mass is 127. The zero-order valence-electron chi connectivity index (χ0n) is 10.7. The van der Waals surface area contributed by atoms with E-state index in [1.165, 1.54) is 6.07 Å². The minimum absolute atomic E-state index is 0.221. The van der Waals surface area contributed by atoms with Gasteiger partial charge in [-0.1, -0.05) is 20.8 Å². The van der Waals surface area contributed by atoms with Crippen molar-refractivity contribution in [2.24, 2.45) is 11.8 Å². The summed E-state index contributed by atoms with van der Waals surface area (Å²) in [6.45, 7) is 7.27. The van der Waals surface area contributed by atoms with E-state index in [4.69, 9.17) is 5.73 Å². The van der Waals surface area contributed by atoms with Gasteiger partial charge < -0.3 is 10.3 Å². The van der Waals surface area contributed by atoms with Crippen LogP contribution in [0.5, 0.6) is 0 Å². The second-order valence-corrected chi connectivity index (χ2v) is 6.22.